The fourth-order valence-corrected chi connectivity index (χ4v) is 4.19. The molecule has 2 heterocycles. The van der Waals surface area contributed by atoms with Gasteiger partial charge in [0.05, 0.1) is 11.0 Å². The SMILES string of the molecule is S=C(NCCC1=CCCCC1)Nc1ccc2[nH]c3nc4ccccc4nc3c2c1. The van der Waals surface area contributed by atoms with Crippen LogP contribution in [0, 0.1) is 0 Å². The average Bonchev–Trinajstić information content (AvgIpc) is 3.09. The molecule has 0 saturated heterocycles. The van der Waals surface area contributed by atoms with Crippen LogP contribution in [0.5, 0.6) is 0 Å². The summed E-state index contributed by atoms with van der Waals surface area (Å²) in [6.45, 7) is 0.866. The van der Waals surface area contributed by atoms with Crippen molar-refractivity contribution in [2.75, 3.05) is 11.9 Å². The van der Waals surface area contributed by atoms with Crippen LogP contribution in [0.4, 0.5) is 5.69 Å². The number of para-hydroxylation sites is 2. The third-order valence-corrected chi connectivity index (χ3v) is 5.72. The molecular weight excluding hydrogens is 378 g/mol. The van der Waals surface area contributed by atoms with E-state index in [1.165, 1.54) is 25.7 Å². The highest BCUT2D eigenvalue weighted by atomic mass is 32.1. The summed E-state index contributed by atoms with van der Waals surface area (Å²) in [6, 6.07) is 14.1. The Hall–Kier alpha value is -2.99. The zero-order chi connectivity index (χ0) is 19.6. The van der Waals surface area contributed by atoms with E-state index < -0.39 is 0 Å². The Bertz CT molecular complexity index is 1240. The highest BCUT2D eigenvalue weighted by Crippen LogP contribution is 2.27. The first-order valence-corrected chi connectivity index (χ1v) is 10.6. The van der Waals surface area contributed by atoms with Crippen LogP contribution in [0.1, 0.15) is 32.1 Å². The second-order valence-corrected chi connectivity index (χ2v) is 7.94. The van der Waals surface area contributed by atoms with Crippen molar-refractivity contribution in [3.8, 4) is 0 Å². The summed E-state index contributed by atoms with van der Waals surface area (Å²) in [5, 5.41) is 8.32. The molecule has 0 fully saturated rings. The molecule has 1 aliphatic carbocycles. The van der Waals surface area contributed by atoms with Crippen LogP contribution in [0.25, 0.3) is 33.1 Å². The van der Waals surface area contributed by atoms with Gasteiger partial charge in [0.2, 0.25) is 0 Å². The first-order valence-electron chi connectivity index (χ1n) is 10.2. The van der Waals surface area contributed by atoms with Gasteiger partial charge < -0.3 is 15.6 Å². The molecule has 2 aromatic heterocycles. The highest BCUT2D eigenvalue weighted by Gasteiger charge is 2.10. The van der Waals surface area contributed by atoms with Crippen molar-refractivity contribution in [2.45, 2.75) is 32.1 Å². The van der Waals surface area contributed by atoms with Gasteiger partial charge in [-0.2, -0.15) is 0 Å². The van der Waals surface area contributed by atoms with Gasteiger partial charge in [-0.15, -0.1) is 0 Å². The Kier molecular flexibility index (Phi) is 4.86. The molecule has 0 atom stereocenters. The van der Waals surface area contributed by atoms with Crippen molar-refractivity contribution in [2.24, 2.45) is 0 Å². The second kappa shape index (κ2) is 7.79. The molecule has 5 rings (SSSR count). The summed E-state index contributed by atoms with van der Waals surface area (Å²) < 4.78 is 0. The fraction of sp³-hybridized carbons (Fsp3) is 0.261. The number of hydrogen-bond donors (Lipinski definition) is 3. The molecule has 146 valence electrons. The third-order valence-electron chi connectivity index (χ3n) is 5.47. The molecular formula is C23H23N5S. The van der Waals surface area contributed by atoms with Gasteiger partial charge in [0.25, 0.3) is 0 Å². The number of aromatic amines is 1. The number of hydrogen-bond acceptors (Lipinski definition) is 3. The minimum atomic E-state index is 0.650. The summed E-state index contributed by atoms with van der Waals surface area (Å²) in [4.78, 5) is 12.9. The van der Waals surface area contributed by atoms with E-state index in [4.69, 9.17) is 22.2 Å². The molecule has 0 saturated carbocycles. The number of nitrogens with zero attached hydrogens (tertiary/aromatic N) is 2. The number of fused-ring (bicyclic) bond motifs is 4. The normalized spacial score (nSPS) is 14.3. The van der Waals surface area contributed by atoms with Gasteiger partial charge in [-0.05, 0) is 74.7 Å². The van der Waals surface area contributed by atoms with Crippen LogP contribution in [0.2, 0.25) is 0 Å². The maximum atomic E-state index is 5.49. The van der Waals surface area contributed by atoms with Crippen molar-refractivity contribution in [3.05, 3.63) is 54.1 Å². The molecule has 0 aliphatic heterocycles. The van der Waals surface area contributed by atoms with Crippen molar-refractivity contribution in [1.82, 2.24) is 20.3 Å². The van der Waals surface area contributed by atoms with Crippen LogP contribution in [-0.4, -0.2) is 26.6 Å². The predicted molar refractivity (Wildman–Crippen MR) is 124 cm³/mol. The lowest BCUT2D eigenvalue weighted by molar-refractivity contribution is 0.669. The largest absolute Gasteiger partial charge is 0.362 e. The molecule has 0 spiro atoms. The van der Waals surface area contributed by atoms with E-state index in [0.29, 0.717) is 5.11 Å². The first-order chi connectivity index (χ1) is 14.3. The number of H-pyrrole nitrogens is 1. The number of rotatable bonds is 4. The fourth-order valence-electron chi connectivity index (χ4n) is 3.97. The molecule has 5 nitrogen and oxygen atoms in total. The maximum Gasteiger partial charge on any atom is 0.170 e. The molecule has 3 N–H and O–H groups in total. The number of allylic oxidation sites excluding steroid dienone is 1. The second-order valence-electron chi connectivity index (χ2n) is 7.53. The molecule has 0 bridgehead atoms. The van der Waals surface area contributed by atoms with Crippen molar-refractivity contribution < 1.29 is 0 Å². The van der Waals surface area contributed by atoms with Crippen LogP contribution in [-0.2, 0) is 0 Å². The third kappa shape index (κ3) is 3.80. The zero-order valence-electron chi connectivity index (χ0n) is 16.2. The molecule has 0 unspecified atom stereocenters. The van der Waals surface area contributed by atoms with Gasteiger partial charge >= 0.3 is 0 Å². The van der Waals surface area contributed by atoms with Gasteiger partial charge in [-0.25, -0.2) is 9.97 Å². The molecule has 0 amide bonds. The van der Waals surface area contributed by atoms with E-state index in [0.717, 1.165) is 51.8 Å². The molecule has 29 heavy (non-hydrogen) atoms. The lowest BCUT2D eigenvalue weighted by atomic mass is 9.97. The van der Waals surface area contributed by atoms with E-state index in [9.17, 15) is 0 Å². The Morgan fingerprint density at radius 1 is 1.07 bits per heavy atom. The Morgan fingerprint density at radius 2 is 1.93 bits per heavy atom. The van der Waals surface area contributed by atoms with Gasteiger partial charge in [0.15, 0.2) is 10.8 Å². The average molecular weight is 402 g/mol. The summed E-state index contributed by atoms with van der Waals surface area (Å²) in [5.74, 6) is 0. The van der Waals surface area contributed by atoms with Crippen LogP contribution < -0.4 is 10.6 Å². The number of nitrogens with one attached hydrogen (secondary N) is 3. The Balaban J connectivity index is 1.33. The first kappa shape index (κ1) is 18.1. The summed E-state index contributed by atoms with van der Waals surface area (Å²) in [5.41, 5.74) is 6.99. The highest BCUT2D eigenvalue weighted by molar-refractivity contribution is 7.80. The van der Waals surface area contributed by atoms with Crippen LogP contribution in [0.15, 0.2) is 54.1 Å². The molecule has 0 radical (unpaired) electrons. The zero-order valence-corrected chi connectivity index (χ0v) is 17.0. The quantitative estimate of drug-likeness (QED) is 0.314. The monoisotopic (exact) mass is 401 g/mol. The van der Waals surface area contributed by atoms with Crippen molar-refractivity contribution in [3.63, 3.8) is 0 Å². The van der Waals surface area contributed by atoms with Gasteiger partial charge in [-0.1, -0.05) is 23.8 Å². The van der Waals surface area contributed by atoms with Crippen molar-refractivity contribution in [1.29, 1.82) is 0 Å². The molecule has 4 aromatic rings. The Labute approximate surface area is 174 Å². The minimum Gasteiger partial charge on any atom is -0.362 e. The number of benzene rings is 2. The standard InChI is InChI=1S/C23H23N5S/c29-23(24-13-12-15-6-2-1-3-7-15)25-16-10-11-18-17(14-16)21-22(27-18)28-20-9-5-4-8-19(20)26-21/h4-6,8-11,14H,1-3,7,12-13H2,(H,27,28)(H2,24,25,29). The van der Waals surface area contributed by atoms with Crippen LogP contribution >= 0.6 is 12.2 Å². The minimum absolute atomic E-state index is 0.650. The summed E-state index contributed by atoms with van der Waals surface area (Å²) in [7, 11) is 0. The van der Waals surface area contributed by atoms with Crippen molar-refractivity contribution >= 4 is 56.1 Å². The van der Waals surface area contributed by atoms with Gasteiger partial charge in [-0.3, -0.25) is 0 Å². The van der Waals surface area contributed by atoms with Gasteiger partial charge in [0, 0.05) is 23.1 Å². The lowest BCUT2D eigenvalue weighted by Gasteiger charge is -2.14. The smallest absolute Gasteiger partial charge is 0.170 e. The number of anilines is 1. The summed E-state index contributed by atoms with van der Waals surface area (Å²) >= 11 is 5.49. The van der Waals surface area contributed by atoms with E-state index in [2.05, 4.69) is 27.8 Å². The van der Waals surface area contributed by atoms with E-state index in [-0.39, 0.29) is 0 Å². The number of thiocarbonyl (C=S) groups is 1. The van der Waals surface area contributed by atoms with E-state index in [1.807, 2.05) is 36.4 Å². The van der Waals surface area contributed by atoms with Gasteiger partial charge in [0.1, 0.15) is 5.52 Å². The lowest BCUT2D eigenvalue weighted by Crippen LogP contribution is -2.29. The van der Waals surface area contributed by atoms with Crippen LogP contribution in [0.3, 0.4) is 0 Å². The van der Waals surface area contributed by atoms with E-state index >= 15 is 0 Å². The van der Waals surface area contributed by atoms with E-state index in [1.54, 1.807) is 5.57 Å². The Morgan fingerprint density at radius 3 is 2.76 bits per heavy atom. The maximum absolute atomic E-state index is 5.49. The topological polar surface area (TPSA) is 65.6 Å². The molecule has 6 heteroatoms. The summed E-state index contributed by atoms with van der Waals surface area (Å²) in [6.07, 6.45) is 8.55. The molecule has 1 aliphatic rings. The number of aromatic nitrogens is 3. The predicted octanol–water partition coefficient (Wildman–Crippen LogP) is 5.44. The molecule has 2 aromatic carbocycles.